The maximum Gasteiger partial charge on any atom is 0.227 e. The summed E-state index contributed by atoms with van der Waals surface area (Å²) in [5.41, 5.74) is 0.955. The number of carbonyl (C=O) groups excluding carboxylic acids is 2. The van der Waals surface area contributed by atoms with Crippen LogP contribution < -0.4 is 4.74 Å². The summed E-state index contributed by atoms with van der Waals surface area (Å²) in [5.74, 6) is 1.26. The van der Waals surface area contributed by atoms with Crippen molar-refractivity contribution in [2.24, 2.45) is 5.92 Å². The van der Waals surface area contributed by atoms with Crippen LogP contribution in [0.5, 0.6) is 5.75 Å². The molecule has 2 aliphatic rings. The molecule has 2 amide bonds. The molecule has 1 fully saturated rings. The molecule has 0 radical (unpaired) electrons. The van der Waals surface area contributed by atoms with Crippen molar-refractivity contribution in [3.05, 3.63) is 42.0 Å². The second kappa shape index (κ2) is 8.19. The number of carbonyl (C=O) groups is 2. The van der Waals surface area contributed by atoms with Crippen molar-refractivity contribution in [2.75, 3.05) is 33.3 Å². The molecule has 1 aliphatic carbocycles. The number of piperazine rings is 1. The minimum atomic E-state index is 0.112. The molecule has 1 atom stereocenters. The predicted octanol–water partition coefficient (Wildman–Crippen LogP) is 2.26. The highest BCUT2D eigenvalue weighted by atomic mass is 16.5. The van der Waals surface area contributed by atoms with Gasteiger partial charge in [-0.05, 0) is 37.0 Å². The van der Waals surface area contributed by atoms with E-state index >= 15 is 0 Å². The third kappa shape index (κ3) is 4.41. The van der Waals surface area contributed by atoms with Gasteiger partial charge in [0, 0.05) is 32.1 Å². The van der Waals surface area contributed by atoms with Crippen molar-refractivity contribution >= 4 is 11.8 Å². The molecule has 1 aliphatic heterocycles. The summed E-state index contributed by atoms with van der Waals surface area (Å²) in [4.78, 5) is 28.9. The van der Waals surface area contributed by atoms with Crippen molar-refractivity contribution in [3.63, 3.8) is 0 Å². The second-order valence-electron chi connectivity index (χ2n) is 6.72. The Morgan fingerprint density at radius 1 is 1.12 bits per heavy atom. The first-order valence-electron chi connectivity index (χ1n) is 9.02. The fourth-order valence-electron chi connectivity index (χ4n) is 3.52. The number of amides is 2. The van der Waals surface area contributed by atoms with Crippen LogP contribution in [0.25, 0.3) is 0 Å². The minimum Gasteiger partial charge on any atom is -0.497 e. The Balaban J connectivity index is 1.50. The van der Waals surface area contributed by atoms with Crippen molar-refractivity contribution in [1.82, 2.24) is 9.80 Å². The Morgan fingerprint density at radius 3 is 2.56 bits per heavy atom. The standard InChI is InChI=1S/C20H26N2O3/c1-25-18-9-5-6-16(14-18)15-19(23)21-10-12-22(13-11-21)20(24)17-7-3-2-4-8-17/h2-3,5-6,9,14,17H,4,7-8,10-13,15H2,1H3. The normalized spacial score (nSPS) is 20.4. The van der Waals surface area contributed by atoms with E-state index in [1.54, 1.807) is 7.11 Å². The van der Waals surface area contributed by atoms with Crippen molar-refractivity contribution in [2.45, 2.75) is 25.7 Å². The van der Waals surface area contributed by atoms with Crippen molar-refractivity contribution in [3.8, 4) is 5.75 Å². The van der Waals surface area contributed by atoms with E-state index < -0.39 is 0 Å². The van der Waals surface area contributed by atoms with Gasteiger partial charge in [0.2, 0.25) is 11.8 Å². The van der Waals surface area contributed by atoms with Crippen LogP contribution in [0, 0.1) is 5.92 Å². The van der Waals surface area contributed by atoms with Gasteiger partial charge in [-0.15, -0.1) is 0 Å². The molecule has 0 aromatic heterocycles. The van der Waals surface area contributed by atoms with Gasteiger partial charge in [-0.25, -0.2) is 0 Å². The van der Waals surface area contributed by atoms with Crippen LogP contribution in [0.2, 0.25) is 0 Å². The van der Waals surface area contributed by atoms with Gasteiger partial charge in [0.15, 0.2) is 0 Å². The van der Waals surface area contributed by atoms with E-state index in [-0.39, 0.29) is 17.7 Å². The first-order chi connectivity index (χ1) is 12.2. The van der Waals surface area contributed by atoms with Crippen LogP contribution >= 0.6 is 0 Å². The minimum absolute atomic E-state index is 0.112. The third-order valence-corrected chi connectivity index (χ3v) is 5.05. The highest BCUT2D eigenvalue weighted by Crippen LogP contribution is 2.21. The SMILES string of the molecule is COc1cccc(CC(=O)N2CCN(C(=O)C3CC=CCC3)CC2)c1. The highest BCUT2D eigenvalue weighted by Gasteiger charge is 2.28. The summed E-state index contributed by atoms with van der Waals surface area (Å²) in [5, 5.41) is 0. The van der Waals surface area contributed by atoms with E-state index in [1.165, 1.54) is 0 Å². The topological polar surface area (TPSA) is 49.9 Å². The zero-order chi connectivity index (χ0) is 17.6. The zero-order valence-corrected chi connectivity index (χ0v) is 14.8. The number of rotatable bonds is 4. The number of nitrogens with zero attached hydrogens (tertiary/aromatic N) is 2. The smallest absolute Gasteiger partial charge is 0.227 e. The van der Waals surface area contributed by atoms with Gasteiger partial charge in [0.1, 0.15) is 5.75 Å². The molecule has 134 valence electrons. The zero-order valence-electron chi connectivity index (χ0n) is 14.8. The Kier molecular flexibility index (Phi) is 5.74. The van der Waals surface area contributed by atoms with E-state index in [9.17, 15) is 9.59 Å². The van der Waals surface area contributed by atoms with Gasteiger partial charge in [0.05, 0.1) is 13.5 Å². The Hall–Kier alpha value is -2.30. The predicted molar refractivity (Wildman–Crippen MR) is 96.3 cm³/mol. The Morgan fingerprint density at radius 2 is 1.88 bits per heavy atom. The molecule has 1 heterocycles. The number of allylic oxidation sites excluding steroid dienone is 2. The molecule has 0 N–H and O–H groups in total. The molecule has 5 nitrogen and oxygen atoms in total. The van der Waals surface area contributed by atoms with Gasteiger partial charge >= 0.3 is 0 Å². The van der Waals surface area contributed by atoms with Crippen LogP contribution in [-0.2, 0) is 16.0 Å². The second-order valence-corrected chi connectivity index (χ2v) is 6.72. The van der Waals surface area contributed by atoms with Crippen LogP contribution in [-0.4, -0.2) is 54.9 Å². The number of hydrogen-bond donors (Lipinski definition) is 0. The van der Waals surface area contributed by atoms with Crippen molar-refractivity contribution in [1.29, 1.82) is 0 Å². The summed E-state index contributed by atoms with van der Waals surface area (Å²) < 4.78 is 5.21. The fourth-order valence-corrected chi connectivity index (χ4v) is 3.52. The molecule has 1 aromatic rings. The summed E-state index contributed by atoms with van der Waals surface area (Å²) in [6.45, 7) is 2.53. The molecule has 0 saturated carbocycles. The lowest BCUT2D eigenvalue weighted by molar-refractivity contribution is -0.142. The summed E-state index contributed by atoms with van der Waals surface area (Å²) in [6, 6.07) is 7.61. The molecule has 1 saturated heterocycles. The average Bonchev–Trinajstić information content (AvgIpc) is 2.68. The van der Waals surface area contributed by atoms with E-state index in [0.717, 1.165) is 30.6 Å². The molecule has 25 heavy (non-hydrogen) atoms. The number of ether oxygens (including phenoxy) is 1. The average molecular weight is 342 g/mol. The molecule has 0 bridgehead atoms. The van der Waals surface area contributed by atoms with Crippen LogP contribution in [0.1, 0.15) is 24.8 Å². The monoisotopic (exact) mass is 342 g/mol. The summed E-state index contributed by atoms with van der Waals surface area (Å²) in [7, 11) is 1.62. The molecule has 5 heteroatoms. The first-order valence-corrected chi connectivity index (χ1v) is 9.02. The maximum atomic E-state index is 12.6. The van der Waals surface area contributed by atoms with Gasteiger partial charge in [-0.3, -0.25) is 9.59 Å². The first kappa shape index (κ1) is 17.5. The van der Waals surface area contributed by atoms with Crippen LogP contribution in [0.4, 0.5) is 0 Å². The quantitative estimate of drug-likeness (QED) is 0.789. The van der Waals surface area contributed by atoms with Crippen molar-refractivity contribution < 1.29 is 14.3 Å². The summed E-state index contributed by atoms with van der Waals surface area (Å²) >= 11 is 0. The van der Waals surface area contributed by atoms with E-state index in [1.807, 2.05) is 34.1 Å². The van der Waals surface area contributed by atoms with Gasteiger partial charge in [-0.2, -0.15) is 0 Å². The molecular formula is C20H26N2O3. The fraction of sp³-hybridized carbons (Fsp3) is 0.500. The number of hydrogen-bond acceptors (Lipinski definition) is 3. The Labute approximate surface area is 149 Å². The van der Waals surface area contributed by atoms with Gasteiger partial charge < -0.3 is 14.5 Å². The lowest BCUT2D eigenvalue weighted by atomic mass is 9.93. The van der Waals surface area contributed by atoms with Crippen LogP contribution in [0.3, 0.4) is 0 Å². The lowest BCUT2D eigenvalue weighted by Crippen LogP contribution is -2.52. The Bertz CT molecular complexity index is 648. The lowest BCUT2D eigenvalue weighted by Gasteiger charge is -2.36. The van der Waals surface area contributed by atoms with Gasteiger partial charge in [-0.1, -0.05) is 24.3 Å². The highest BCUT2D eigenvalue weighted by molar-refractivity contribution is 5.81. The largest absolute Gasteiger partial charge is 0.497 e. The van der Waals surface area contributed by atoms with E-state index in [0.29, 0.717) is 32.6 Å². The van der Waals surface area contributed by atoms with E-state index in [2.05, 4.69) is 12.2 Å². The maximum absolute atomic E-state index is 12.6. The van der Waals surface area contributed by atoms with Crippen LogP contribution in [0.15, 0.2) is 36.4 Å². The van der Waals surface area contributed by atoms with E-state index in [4.69, 9.17) is 4.74 Å². The number of methoxy groups -OCH3 is 1. The molecule has 1 unspecified atom stereocenters. The van der Waals surface area contributed by atoms with Gasteiger partial charge in [0.25, 0.3) is 0 Å². The molecule has 0 spiro atoms. The molecular weight excluding hydrogens is 316 g/mol. The number of benzene rings is 1. The third-order valence-electron chi connectivity index (χ3n) is 5.05. The summed E-state index contributed by atoms with van der Waals surface area (Å²) in [6.07, 6.45) is 7.44. The molecule has 3 rings (SSSR count). The molecule has 1 aromatic carbocycles.